The van der Waals surface area contributed by atoms with E-state index in [2.05, 4.69) is 20.9 Å². The molecule has 29 heavy (non-hydrogen) atoms. The van der Waals surface area contributed by atoms with Crippen molar-refractivity contribution in [3.8, 4) is 5.88 Å². The molecule has 1 atom stereocenters. The highest BCUT2D eigenvalue weighted by atomic mass is 79.9. The minimum Gasteiger partial charge on any atom is -0.388 e. The Hall–Kier alpha value is -1.92. The van der Waals surface area contributed by atoms with Crippen LogP contribution in [0.4, 0.5) is 11.6 Å². The molecule has 1 aliphatic heterocycles. The van der Waals surface area contributed by atoms with Crippen LogP contribution in [0.5, 0.6) is 5.88 Å². The number of amides is 1. The number of hydrogen-bond acceptors (Lipinski definition) is 4. The second kappa shape index (κ2) is 7.73. The van der Waals surface area contributed by atoms with Crippen molar-refractivity contribution in [2.75, 3.05) is 4.90 Å². The molecular formula is C19H13BrCl2N3O3P. The molecule has 0 saturated heterocycles. The van der Waals surface area contributed by atoms with Crippen LogP contribution in [0.3, 0.4) is 0 Å². The standard InChI is InChI=1S/C19H13BrCl2N3O3P/c1-19(9-11-2-4-12(20)5-3-11)17(26)24(15-7-13(21)6-14(22)8-15)18-23-10-16(25(18)19)28-29-27/h2-8,10H,9H2,1H3/t19-/m1/s1. The second-order valence-electron chi connectivity index (χ2n) is 6.74. The van der Waals surface area contributed by atoms with E-state index in [1.807, 2.05) is 24.3 Å². The Bertz CT molecular complexity index is 1100. The highest BCUT2D eigenvalue weighted by Gasteiger charge is 2.50. The zero-order valence-corrected chi connectivity index (χ0v) is 19.0. The summed E-state index contributed by atoms with van der Waals surface area (Å²) in [5, 5.41) is 0.795. The third kappa shape index (κ3) is 3.57. The molecule has 0 saturated carbocycles. The van der Waals surface area contributed by atoms with Crippen LogP contribution in [0.2, 0.25) is 10.0 Å². The number of nitrogens with zero attached hydrogens (tertiary/aromatic N) is 3. The largest absolute Gasteiger partial charge is 0.397 e. The molecule has 1 amide bonds. The molecule has 0 fully saturated rings. The SMILES string of the molecule is C[C@@]1(Cc2ccc(Br)cc2)C(=O)N(c2cc(Cl)cc(Cl)c2)c2ncc(OP=O)n21. The van der Waals surface area contributed by atoms with Gasteiger partial charge in [0, 0.05) is 20.9 Å². The highest BCUT2D eigenvalue weighted by Crippen LogP contribution is 2.45. The molecule has 2 heterocycles. The summed E-state index contributed by atoms with van der Waals surface area (Å²) in [4.78, 5) is 19.4. The van der Waals surface area contributed by atoms with Gasteiger partial charge in [0.2, 0.25) is 11.8 Å². The molecule has 10 heteroatoms. The van der Waals surface area contributed by atoms with E-state index in [1.54, 1.807) is 29.7 Å². The van der Waals surface area contributed by atoms with Gasteiger partial charge in [-0.15, -0.1) is 0 Å². The van der Waals surface area contributed by atoms with Gasteiger partial charge in [0.1, 0.15) is 5.54 Å². The third-order valence-electron chi connectivity index (χ3n) is 4.77. The Morgan fingerprint density at radius 3 is 2.45 bits per heavy atom. The van der Waals surface area contributed by atoms with E-state index in [4.69, 9.17) is 27.7 Å². The fourth-order valence-electron chi connectivity index (χ4n) is 3.53. The first-order valence-corrected chi connectivity index (χ1v) is 10.7. The topological polar surface area (TPSA) is 64.4 Å². The first-order chi connectivity index (χ1) is 13.8. The molecule has 6 nitrogen and oxygen atoms in total. The van der Waals surface area contributed by atoms with Crippen molar-refractivity contribution in [3.63, 3.8) is 0 Å². The van der Waals surface area contributed by atoms with E-state index >= 15 is 0 Å². The van der Waals surface area contributed by atoms with Gasteiger partial charge in [0.05, 0.1) is 11.9 Å². The molecular weight excluding hydrogens is 500 g/mol. The Balaban J connectivity index is 1.86. The predicted octanol–water partition coefficient (Wildman–Crippen LogP) is 6.17. The lowest BCUT2D eigenvalue weighted by atomic mass is 9.92. The quantitative estimate of drug-likeness (QED) is 0.383. The van der Waals surface area contributed by atoms with Gasteiger partial charge in [-0.1, -0.05) is 51.3 Å². The van der Waals surface area contributed by atoms with Crippen LogP contribution in [0.15, 0.2) is 53.1 Å². The van der Waals surface area contributed by atoms with Crippen molar-refractivity contribution >= 4 is 65.4 Å². The zero-order chi connectivity index (χ0) is 20.8. The number of aromatic nitrogens is 2. The summed E-state index contributed by atoms with van der Waals surface area (Å²) in [6.45, 7) is 1.79. The number of fused-ring (bicyclic) bond motifs is 1. The lowest BCUT2D eigenvalue weighted by Gasteiger charge is -2.26. The molecule has 2 aromatic carbocycles. The van der Waals surface area contributed by atoms with E-state index in [-0.39, 0.29) is 11.8 Å². The smallest absolute Gasteiger partial charge is 0.388 e. The van der Waals surface area contributed by atoms with Crippen molar-refractivity contribution in [1.29, 1.82) is 0 Å². The summed E-state index contributed by atoms with van der Waals surface area (Å²) in [7, 11) is -0.538. The number of anilines is 2. The second-order valence-corrected chi connectivity index (χ2v) is 8.86. The molecule has 0 spiro atoms. The maximum atomic E-state index is 13.6. The number of imidazole rings is 1. The Morgan fingerprint density at radius 1 is 1.17 bits per heavy atom. The van der Waals surface area contributed by atoms with Gasteiger partial charge >= 0.3 is 8.69 Å². The first kappa shape index (κ1) is 20.4. The Labute approximate surface area is 186 Å². The summed E-state index contributed by atoms with van der Waals surface area (Å²) < 4.78 is 18.9. The van der Waals surface area contributed by atoms with Gasteiger partial charge in [0.15, 0.2) is 0 Å². The number of halogens is 3. The molecule has 0 aliphatic carbocycles. The predicted molar refractivity (Wildman–Crippen MR) is 116 cm³/mol. The lowest BCUT2D eigenvalue weighted by Crippen LogP contribution is -2.41. The summed E-state index contributed by atoms with van der Waals surface area (Å²) >= 11 is 15.7. The average Bonchev–Trinajstić information content (AvgIpc) is 3.15. The third-order valence-corrected chi connectivity index (χ3v) is 5.99. The first-order valence-electron chi connectivity index (χ1n) is 8.46. The number of carbonyl (C=O) groups excluding carboxylic acids is 1. The average molecular weight is 513 g/mol. The summed E-state index contributed by atoms with van der Waals surface area (Å²) in [6, 6.07) is 12.6. The molecule has 0 N–H and O–H groups in total. The minimum atomic E-state index is -1.06. The molecule has 4 rings (SSSR count). The number of carbonyl (C=O) groups is 1. The number of rotatable bonds is 5. The van der Waals surface area contributed by atoms with Gasteiger partial charge in [0.25, 0.3) is 5.91 Å². The number of benzene rings is 2. The van der Waals surface area contributed by atoms with Crippen molar-refractivity contribution in [2.45, 2.75) is 18.9 Å². The monoisotopic (exact) mass is 511 g/mol. The fourth-order valence-corrected chi connectivity index (χ4v) is 4.52. The normalized spacial score (nSPS) is 18.3. The molecule has 3 aromatic rings. The van der Waals surface area contributed by atoms with Crippen molar-refractivity contribution in [2.24, 2.45) is 0 Å². The van der Waals surface area contributed by atoms with Gasteiger partial charge in [-0.05, 0) is 42.8 Å². The van der Waals surface area contributed by atoms with Crippen LogP contribution in [0.1, 0.15) is 12.5 Å². The molecule has 0 radical (unpaired) electrons. The molecule has 1 aromatic heterocycles. The van der Waals surface area contributed by atoms with E-state index in [0.29, 0.717) is 28.1 Å². The highest BCUT2D eigenvalue weighted by molar-refractivity contribution is 9.10. The zero-order valence-electron chi connectivity index (χ0n) is 15.0. The minimum absolute atomic E-state index is 0.222. The fraction of sp³-hybridized carbons (Fsp3) is 0.158. The molecule has 1 aliphatic rings. The van der Waals surface area contributed by atoms with Gasteiger partial charge in [-0.25, -0.2) is 14.4 Å². The lowest BCUT2D eigenvalue weighted by molar-refractivity contribution is -0.124. The summed E-state index contributed by atoms with van der Waals surface area (Å²) in [5.41, 5.74) is 0.375. The maximum absolute atomic E-state index is 13.6. The van der Waals surface area contributed by atoms with Crippen molar-refractivity contribution in [1.82, 2.24) is 9.55 Å². The summed E-state index contributed by atoms with van der Waals surface area (Å²) in [5.74, 6) is 0.334. The van der Waals surface area contributed by atoms with Gasteiger partial charge < -0.3 is 4.52 Å². The van der Waals surface area contributed by atoms with Gasteiger partial charge in [-0.2, -0.15) is 0 Å². The van der Waals surface area contributed by atoms with E-state index in [1.165, 1.54) is 11.1 Å². The number of hydrogen-bond donors (Lipinski definition) is 0. The van der Waals surface area contributed by atoms with Crippen LogP contribution >= 0.6 is 47.8 Å². The van der Waals surface area contributed by atoms with Crippen LogP contribution in [-0.2, 0) is 21.3 Å². The summed E-state index contributed by atoms with van der Waals surface area (Å²) in [6.07, 6.45) is 1.81. The van der Waals surface area contributed by atoms with E-state index in [9.17, 15) is 9.36 Å². The van der Waals surface area contributed by atoms with Crippen LogP contribution < -0.4 is 9.42 Å². The van der Waals surface area contributed by atoms with E-state index in [0.717, 1.165) is 10.0 Å². The Morgan fingerprint density at radius 2 is 1.83 bits per heavy atom. The maximum Gasteiger partial charge on any atom is 0.397 e. The van der Waals surface area contributed by atoms with Crippen molar-refractivity contribution < 1.29 is 13.9 Å². The van der Waals surface area contributed by atoms with Crippen LogP contribution in [0.25, 0.3) is 0 Å². The van der Waals surface area contributed by atoms with Gasteiger partial charge in [-0.3, -0.25) is 9.36 Å². The van der Waals surface area contributed by atoms with Crippen LogP contribution in [0, 0.1) is 0 Å². The molecule has 148 valence electrons. The van der Waals surface area contributed by atoms with E-state index < -0.39 is 14.2 Å². The van der Waals surface area contributed by atoms with Crippen molar-refractivity contribution in [3.05, 3.63) is 68.7 Å². The van der Waals surface area contributed by atoms with Crippen LogP contribution in [-0.4, -0.2) is 15.5 Å². The molecule has 0 bridgehead atoms. The Kier molecular flexibility index (Phi) is 5.42. The molecule has 0 unspecified atom stereocenters.